The van der Waals surface area contributed by atoms with E-state index in [1.807, 2.05) is 41.2 Å². The summed E-state index contributed by atoms with van der Waals surface area (Å²) in [5.74, 6) is 0.678. The van der Waals surface area contributed by atoms with Gasteiger partial charge >= 0.3 is 0 Å². The molecule has 0 aliphatic rings. The van der Waals surface area contributed by atoms with Gasteiger partial charge in [-0.2, -0.15) is 5.10 Å². The molecule has 0 fully saturated rings. The number of rotatable bonds is 3. The molecule has 2 aromatic heterocycles. The maximum Gasteiger partial charge on any atom is 0.162 e. The van der Waals surface area contributed by atoms with Crippen molar-refractivity contribution in [3.8, 4) is 28.2 Å². The Balaban J connectivity index is 1.68. The lowest BCUT2D eigenvalue weighted by Gasteiger charge is -2.07. The molecule has 2 aromatic carbocycles. The van der Waals surface area contributed by atoms with E-state index in [1.165, 1.54) is 12.7 Å². The van der Waals surface area contributed by atoms with Gasteiger partial charge in [0.25, 0.3) is 0 Å². The van der Waals surface area contributed by atoms with Crippen LogP contribution in [0.5, 0.6) is 0 Å². The van der Waals surface area contributed by atoms with Crippen LogP contribution >= 0.6 is 0 Å². The molecule has 0 radical (unpaired) electrons. The van der Waals surface area contributed by atoms with Crippen molar-refractivity contribution in [3.63, 3.8) is 0 Å². The molecule has 4 rings (SSSR count). The molecule has 2 heterocycles. The lowest BCUT2D eigenvalue weighted by molar-refractivity contribution is 0.881. The van der Waals surface area contributed by atoms with Crippen LogP contribution in [0, 0.1) is 0 Å². The van der Waals surface area contributed by atoms with Crippen LogP contribution in [0.4, 0.5) is 0 Å². The highest BCUT2D eigenvalue weighted by molar-refractivity contribution is 5.69. The predicted octanol–water partition coefficient (Wildman–Crippen LogP) is 3.39. The van der Waals surface area contributed by atoms with Crippen LogP contribution in [0.2, 0.25) is 0 Å². The quantitative estimate of drug-likeness (QED) is 0.582. The second-order valence-corrected chi connectivity index (χ2v) is 5.04. The van der Waals surface area contributed by atoms with E-state index < -0.39 is 0 Å². The van der Waals surface area contributed by atoms with E-state index in [9.17, 15) is 0 Å². The Morgan fingerprint density at radius 2 is 1.52 bits per heavy atom. The molecule has 110 valence electrons. The Morgan fingerprint density at radius 1 is 0.739 bits per heavy atom. The Morgan fingerprint density at radius 3 is 2.26 bits per heavy atom. The normalized spacial score (nSPS) is 10.6. The third-order valence-corrected chi connectivity index (χ3v) is 3.58. The fourth-order valence-corrected chi connectivity index (χ4v) is 2.45. The van der Waals surface area contributed by atoms with Crippen LogP contribution in [-0.4, -0.2) is 24.7 Å². The maximum absolute atomic E-state index is 4.27. The number of hydrogen-bond acceptors (Lipinski definition) is 4. The fourth-order valence-electron chi connectivity index (χ4n) is 2.45. The van der Waals surface area contributed by atoms with Crippen molar-refractivity contribution in [2.75, 3.05) is 0 Å². The van der Waals surface area contributed by atoms with Crippen molar-refractivity contribution in [1.29, 1.82) is 0 Å². The van der Waals surface area contributed by atoms with Crippen LogP contribution in [0.15, 0.2) is 79.6 Å². The van der Waals surface area contributed by atoms with E-state index in [0.717, 1.165) is 22.4 Å². The molecule has 0 N–H and O–H groups in total. The minimum absolute atomic E-state index is 0.678. The molecular weight excluding hydrogens is 286 g/mol. The van der Waals surface area contributed by atoms with E-state index in [-0.39, 0.29) is 0 Å². The zero-order valence-corrected chi connectivity index (χ0v) is 12.2. The lowest BCUT2D eigenvalue weighted by atomic mass is 10.0. The highest BCUT2D eigenvalue weighted by atomic mass is 15.3. The first-order chi connectivity index (χ1) is 11.4. The van der Waals surface area contributed by atoms with Crippen molar-refractivity contribution in [2.24, 2.45) is 0 Å². The molecular formula is C18H13N5. The Bertz CT molecular complexity index is 900. The second kappa shape index (κ2) is 5.81. The molecule has 5 heteroatoms. The minimum Gasteiger partial charge on any atom is -0.241 e. The third kappa shape index (κ3) is 2.72. The van der Waals surface area contributed by atoms with E-state index in [2.05, 4.69) is 44.3 Å². The summed E-state index contributed by atoms with van der Waals surface area (Å²) in [4.78, 5) is 12.2. The van der Waals surface area contributed by atoms with Gasteiger partial charge in [0, 0.05) is 18.0 Å². The first-order valence-corrected chi connectivity index (χ1v) is 7.23. The molecule has 0 unspecified atom stereocenters. The first kappa shape index (κ1) is 13.3. The minimum atomic E-state index is 0.678. The molecule has 0 aliphatic heterocycles. The monoisotopic (exact) mass is 299 g/mol. The molecule has 0 saturated carbocycles. The SMILES string of the molecule is c1cc(-c2ccc(-c3ncncn3)cc2)cc(-n2cccn2)c1. The zero-order chi connectivity index (χ0) is 15.5. The lowest BCUT2D eigenvalue weighted by Crippen LogP contribution is -1.94. The van der Waals surface area contributed by atoms with Crippen molar-refractivity contribution in [1.82, 2.24) is 24.7 Å². The van der Waals surface area contributed by atoms with Crippen molar-refractivity contribution >= 4 is 0 Å². The number of benzene rings is 2. The Kier molecular flexibility index (Phi) is 3.37. The summed E-state index contributed by atoms with van der Waals surface area (Å²) in [6.07, 6.45) is 6.72. The summed E-state index contributed by atoms with van der Waals surface area (Å²) in [5.41, 5.74) is 4.28. The summed E-state index contributed by atoms with van der Waals surface area (Å²) in [6.45, 7) is 0. The van der Waals surface area contributed by atoms with E-state index >= 15 is 0 Å². The van der Waals surface area contributed by atoms with Crippen LogP contribution in [0.25, 0.3) is 28.2 Å². The van der Waals surface area contributed by atoms with Crippen molar-refractivity contribution in [3.05, 3.63) is 79.6 Å². The Hall–Kier alpha value is -3.34. The average molecular weight is 299 g/mol. The van der Waals surface area contributed by atoms with Gasteiger partial charge in [-0.05, 0) is 29.3 Å². The topological polar surface area (TPSA) is 56.5 Å². The largest absolute Gasteiger partial charge is 0.241 e. The summed E-state index contributed by atoms with van der Waals surface area (Å²) in [5, 5.41) is 4.27. The molecule has 4 aromatic rings. The van der Waals surface area contributed by atoms with Gasteiger partial charge in [-0.25, -0.2) is 19.6 Å². The van der Waals surface area contributed by atoms with Gasteiger partial charge in [0.15, 0.2) is 5.82 Å². The summed E-state index contributed by atoms with van der Waals surface area (Å²) in [7, 11) is 0. The van der Waals surface area contributed by atoms with Crippen LogP contribution < -0.4 is 0 Å². The summed E-state index contributed by atoms with van der Waals surface area (Å²) < 4.78 is 1.85. The molecule has 23 heavy (non-hydrogen) atoms. The van der Waals surface area contributed by atoms with E-state index in [0.29, 0.717) is 5.82 Å². The highest BCUT2D eigenvalue weighted by Crippen LogP contribution is 2.24. The van der Waals surface area contributed by atoms with Crippen molar-refractivity contribution < 1.29 is 0 Å². The second-order valence-electron chi connectivity index (χ2n) is 5.04. The molecule has 0 atom stereocenters. The van der Waals surface area contributed by atoms with Gasteiger partial charge in [-0.3, -0.25) is 0 Å². The highest BCUT2D eigenvalue weighted by Gasteiger charge is 2.04. The summed E-state index contributed by atoms with van der Waals surface area (Å²) >= 11 is 0. The van der Waals surface area contributed by atoms with Gasteiger partial charge in [0.1, 0.15) is 12.7 Å². The van der Waals surface area contributed by atoms with Crippen molar-refractivity contribution in [2.45, 2.75) is 0 Å². The zero-order valence-electron chi connectivity index (χ0n) is 12.2. The van der Waals surface area contributed by atoms with Gasteiger partial charge in [0.2, 0.25) is 0 Å². The van der Waals surface area contributed by atoms with Gasteiger partial charge in [0.05, 0.1) is 5.69 Å². The standard InChI is InChI=1S/C18H13N5/c1-3-16(11-17(4-1)23-10-2-9-22-23)14-5-7-15(8-6-14)18-20-12-19-13-21-18/h1-13H. The van der Waals surface area contributed by atoms with Gasteiger partial charge in [-0.1, -0.05) is 36.4 Å². The summed E-state index contributed by atoms with van der Waals surface area (Å²) in [6, 6.07) is 18.4. The smallest absolute Gasteiger partial charge is 0.162 e. The van der Waals surface area contributed by atoms with Crippen LogP contribution in [-0.2, 0) is 0 Å². The number of hydrogen-bond donors (Lipinski definition) is 0. The van der Waals surface area contributed by atoms with E-state index in [1.54, 1.807) is 6.20 Å². The molecule has 0 saturated heterocycles. The molecule has 0 aliphatic carbocycles. The maximum atomic E-state index is 4.27. The average Bonchev–Trinajstić information content (AvgIpc) is 3.18. The van der Waals surface area contributed by atoms with Gasteiger partial charge < -0.3 is 0 Å². The molecule has 0 spiro atoms. The molecule has 0 amide bonds. The number of nitrogens with zero attached hydrogens (tertiary/aromatic N) is 5. The molecule has 0 bridgehead atoms. The Labute approximate surface area is 133 Å². The predicted molar refractivity (Wildman–Crippen MR) is 87.8 cm³/mol. The van der Waals surface area contributed by atoms with Crippen LogP contribution in [0.3, 0.4) is 0 Å². The first-order valence-electron chi connectivity index (χ1n) is 7.23. The van der Waals surface area contributed by atoms with E-state index in [4.69, 9.17) is 0 Å². The van der Waals surface area contributed by atoms with Gasteiger partial charge in [-0.15, -0.1) is 0 Å². The molecule has 5 nitrogen and oxygen atoms in total. The van der Waals surface area contributed by atoms with Crippen LogP contribution in [0.1, 0.15) is 0 Å². The number of aromatic nitrogens is 5. The fraction of sp³-hybridized carbons (Fsp3) is 0. The third-order valence-electron chi connectivity index (χ3n) is 3.58.